The maximum absolute atomic E-state index is 13.1. The van der Waals surface area contributed by atoms with Crippen molar-refractivity contribution in [3.8, 4) is 17.2 Å². The van der Waals surface area contributed by atoms with Crippen LogP contribution in [0.4, 0.5) is 16.2 Å². The molecule has 0 saturated heterocycles. The van der Waals surface area contributed by atoms with Gasteiger partial charge in [0, 0.05) is 24.8 Å². The van der Waals surface area contributed by atoms with E-state index in [2.05, 4.69) is 24.5 Å². The number of amides is 3. The Morgan fingerprint density at radius 1 is 1.12 bits per heavy atom. The van der Waals surface area contributed by atoms with E-state index < -0.39 is 5.41 Å². The van der Waals surface area contributed by atoms with Gasteiger partial charge in [-0.05, 0) is 49.6 Å². The SMILES string of the molecule is COc1ccc(CNC(=O)Nc2ccc3c(c2)OCC(C)(C)C(=O)N3CC(C)C)cc1OC. The second-order valence-electron chi connectivity index (χ2n) is 9.16. The molecular weight excluding hydrogens is 422 g/mol. The summed E-state index contributed by atoms with van der Waals surface area (Å²) in [6.07, 6.45) is 0. The van der Waals surface area contributed by atoms with Crippen LogP contribution in [0.3, 0.4) is 0 Å². The molecule has 2 aromatic carbocycles. The van der Waals surface area contributed by atoms with Crippen LogP contribution in [-0.2, 0) is 11.3 Å². The molecule has 0 atom stereocenters. The zero-order chi connectivity index (χ0) is 24.2. The lowest BCUT2D eigenvalue weighted by Gasteiger charge is -2.29. The van der Waals surface area contributed by atoms with Crippen molar-refractivity contribution in [1.82, 2.24) is 5.32 Å². The molecule has 0 spiro atoms. The molecule has 178 valence electrons. The lowest BCUT2D eigenvalue weighted by atomic mass is 9.92. The Balaban J connectivity index is 1.71. The molecule has 8 heteroatoms. The molecule has 1 aliphatic rings. The van der Waals surface area contributed by atoms with Crippen LogP contribution in [0.2, 0.25) is 0 Å². The number of ether oxygens (including phenoxy) is 3. The molecule has 1 aliphatic heterocycles. The van der Waals surface area contributed by atoms with E-state index in [-0.39, 0.29) is 18.5 Å². The fourth-order valence-electron chi connectivity index (χ4n) is 3.62. The molecule has 0 radical (unpaired) electrons. The number of anilines is 2. The standard InChI is InChI=1S/C25H33N3O5/c1-16(2)14-28-19-9-8-18(12-21(19)33-15-25(3,4)23(28)29)27-24(30)26-13-17-7-10-20(31-5)22(11-17)32-6/h7-12,16H,13-15H2,1-6H3,(H2,26,27,30). The molecule has 1 heterocycles. The Bertz CT molecular complexity index is 1020. The van der Waals surface area contributed by atoms with E-state index in [0.717, 1.165) is 11.3 Å². The number of nitrogens with zero attached hydrogens (tertiary/aromatic N) is 1. The molecule has 0 aromatic heterocycles. The van der Waals surface area contributed by atoms with Gasteiger partial charge >= 0.3 is 6.03 Å². The van der Waals surface area contributed by atoms with E-state index >= 15 is 0 Å². The topological polar surface area (TPSA) is 89.1 Å². The van der Waals surface area contributed by atoms with Crippen molar-refractivity contribution < 1.29 is 23.8 Å². The van der Waals surface area contributed by atoms with Gasteiger partial charge in [-0.25, -0.2) is 4.79 Å². The molecule has 0 fully saturated rings. The first-order valence-corrected chi connectivity index (χ1v) is 11.0. The van der Waals surface area contributed by atoms with Gasteiger partial charge in [0.1, 0.15) is 12.4 Å². The Kier molecular flexibility index (Phi) is 7.36. The Hall–Kier alpha value is -3.42. The number of rotatable bonds is 7. The number of fused-ring (bicyclic) bond motifs is 1. The van der Waals surface area contributed by atoms with Crippen LogP contribution in [-0.4, -0.2) is 39.3 Å². The summed E-state index contributed by atoms with van der Waals surface area (Å²) in [4.78, 5) is 27.3. The quantitative estimate of drug-likeness (QED) is 0.645. The van der Waals surface area contributed by atoms with Gasteiger partial charge in [0.2, 0.25) is 5.91 Å². The summed E-state index contributed by atoms with van der Waals surface area (Å²) >= 11 is 0. The highest BCUT2D eigenvalue weighted by Gasteiger charge is 2.38. The molecule has 2 aromatic rings. The number of carbonyl (C=O) groups is 2. The second kappa shape index (κ2) is 10.0. The molecule has 0 bridgehead atoms. The molecule has 2 N–H and O–H groups in total. The Labute approximate surface area is 195 Å². The lowest BCUT2D eigenvalue weighted by molar-refractivity contribution is -0.127. The fourth-order valence-corrected chi connectivity index (χ4v) is 3.62. The van der Waals surface area contributed by atoms with Crippen LogP contribution in [0.1, 0.15) is 33.3 Å². The first-order chi connectivity index (χ1) is 15.6. The van der Waals surface area contributed by atoms with Gasteiger partial charge in [-0.1, -0.05) is 19.9 Å². The molecule has 0 aliphatic carbocycles. The van der Waals surface area contributed by atoms with Crippen LogP contribution in [0, 0.1) is 11.3 Å². The van der Waals surface area contributed by atoms with Gasteiger partial charge in [-0.3, -0.25) is 4.79 Å². The van der Waals surface area contributed by atoms with Gasteiger partial charge in [-0.15, -0.1) is 0 Å². The van der Waals surface area contributed by atoms with Crippen molar-refractivity contribution >= 4 is 23.3 Å². The fraction of sp³-hybridized carbons (Fsp3) is 0.440. The molecule has 3 rings (SSSR count). The molecular formula is C25H33N3O5. The Morgan fingerprint density at radius 2 is 1.85 bits per heavy atom. The minimum atomic E-state index is -0.641. The highest BCUT2D eigenvalue weighted by Crippen LogP contribution is 2.38. The predicted molar refractivity (Wildman–Crippen MR) is 128 cm³/mol. The number of methoxy groups -OCH3 is 2. The summed E-state index contributed by atoms with van der Waals surface area (Å²) in [7, 11) is 3.14. The minimum Gasteiger partial charge on any atom is -0.493 e. The molecule has 0 saturated carbocycles. The van der Waals surface area contributed by atoms with Gasteiger partial charge in [0.05, 0.1) is 25.3 Å². The van der Waals surface area contributed by atoms with Crippen LogP contribution in [0.5, 0.6) is 17.2 Å². The van der Waals surface area contributed by atoms with Crippen molar-refractivity contribution in [2.24, 2.45) is 11.3 Å². The summed E-state index contributed by atoms with van der Waals surface area (Å²) in [6.45, 7) is 9.09. The highest BCUT2D eigenvalue weighted by atomic mass is 16.5. The van der Waals surface area contributed by atoms with Crippen LogP contribution in [0.25, 0.3) is 0 Å². The number of carbonyl (C=O) groups excluding carboxylic acids is 2. The number of hydrogen-bond donors (Lipinski definition) is 2. The van der Waals surface area contributed by atoms with E-state index in [9.17, 15) is 9.59 Å². The number of urea groups is 1. The first-order valence-electron chi connectivity index (χ1n) is 11.0. The average Bonchev–Trinajstić information content (AvgIpc) is 2.87. The Morgan fingerprint density at radius 3 is 2.52 bits per heavy atom. The molecule has 0 unspecified atom stereocenters. The average molecular weight is 456 g/mol. The summed E-state index contributed by atoms with van der Waals surface area (Å²) in [5.41, 5.74) is 1.53. The van der Waals surface area contributed by atoms with Crippen molar-refractivity contribution in [2.45, 2.75) is 34.2 Å². The summed E-state index contributed by atoms with van der Waals surface area (Å²) in [5.74, 6) is 2.14. The molecule has 3 amide bonds. The predicted octanol–water partition coefficient (Wildman–Crippen LogP) is 4.43. The lowest BCUT2D eigenvalue weighted by Crippen LogP contribution is -2.43. The third kappa shape index (κ3) is 5.69. The molecule has 8 nitrogen and oxygen atoms in total. The van der Waals surface area contributed by atoms with Gasteiger partial charge in [0.25, 0.3) is 0 Å². The summed E-state index contributed by atoms with van der Waals surface area (Å²) in [5, 5.41) is 5.66. The third-order valence-corrected chi connectivity index (χ3v) is 5.37. The van der Waals surface area contributed by atoms with E-state index in [1.807, 2.05) is 32.0 Å². The summed E-state index contributed by atoms with van der Waals surface area (Å²) < 4.78 is 16.5. The van der Waals surface area contributed by atoms with Gasteiger partial charge in [-0.2, -0.15) is 0 Å². The van der Waals surface area contributed by atoms with Gasteiger partial charge < -0.3 is 29.7 Å². The highest BCUT2D eigenvalue weighted by molar-refractivity contribution is 6.00. The number of nitrogens with one attached hydrogen (secondary N) is 2. The first kappa shape index (κ1) is 24.2. The molecule has 33 heavy (non-hydrogen) atoms. The van der Waals surface area contributed by atoms with E-state index in [4.69, 9.17) is 14.2 Å². The number of benzene rings is 2. The van der Waals surface area contributed by atoms with Crippen molar-refractivity contribution in [3.05, 3.63) is 42.0 Å². The summed E-state index contributed by atoms with van der Waals surface area (Å²) in [6, 6.07) is 10.5. The maximum atomic E-state index is 13.1. The normalized spacial score (nSPS) is 14.8. The van der Waals surface area contributed by atoms with E-state index in [1.54, 1.807) is 37.3 Å². The number of hydrogen-bond acceptors (Lipinski definition) is 5. The monoisotopic (exact) mass is 455 g/mol. The van der Waals surface area contributed by atoms with Crippen LogP contribution in [0.15, 0.2) is 36.4 Å². The smallest absolute Gasteiger partial charge is 0.319 e. The van der Waals surface area contributed by atoms with Crippen molar-refractivity contribution in [2.75, 3.05) is 37.6 Å². The second-order valence-corrected chi connectivity index (χ2v) is 9.16. The van der Waals surface area contributed by atoms with E-state index in [1.165, 1.54) is 0 Å². The van der Waals surface area contributed by atoms with E-state index in [0.29, 0.717) is 41.9 Å². The zero-order valence-electron chi connectivity index (χ0n) is 20.2. The van der Waals surface area contributed by atoms with Crippen LogP contribution >= 0.6 is 0 Å². The maximum Gasteiger partial charge on any atom is 0.319 e. The van der Waals surface area contributed by atoms with Gasteiger partial charge in [0.15, 0.2) is 11.5 Å². The zero-order valence-corrected chi connectivity index (χ0v) is 20.2. The van der Waals surface area contributed by atoms with Crippen molar-refractivity contribution in [3.63, 3.8) is 0 Å². The largest absolute Gasteiger partial charge is 0.493 e. The van der Waals surface area contributed by atoms with Crippen LogP contribution < -0.4 is 29.7 Å². The minimum absolute atomic E-state index is 0.0309. The third-order valence-electron chi connectivity index (χ3n) is 5.37. The van der Waals surface area contributed by atoms with Crippen molar-refractivity contribution in [1.29, 1.82) is 0 Å².